The van der Waals surface area contributed by atoms with Crippen LogP contribution in [0.4, 0.5) is 0 Å². The van der Waals surface area contributed by atoms with Crippen LogP contribution in [0.25, 0.3) is 0 Å². The fraction of sp³-hybridized carbons (Fsp3) is 1.00. The standard InChI is InChI=1S/C15H34N2/c1-5-7-8-9-10-11-15(12-16)17(4)13-14(3)6-2/h14-15H,5-13,16H2,1-4H3. The van der Waals surface area contributed by atoms with Gasteiger partial charge in [0.1, 0.15) is 0 Å². The first-order chi connectivity index (χ1) is 8.15. The third-order valence-corrected chi connectivity index (χ3v) is 3.83. The molecule has 0 aromatic carbocycles. The van der Waals surface area contributed by atoms with Gasteiger partial charge in [-0.3, -0.25) is 0 Å². The molecule has 0 radical (unpaired) electrons. The minimum atomic E-state index is 0.589. The zero-order chi connectivity index (χ0) is 13.1. The highest BCUT2D eigenvalue weighted by Crippen LogP contribution is 2.12. The predicted octanol–water partition coefficient (Wildman–Crippen LogP) is 3.65. The van der Waals surface area contributed by atoms with Crippen molar-refractivity contribution in [3.63, 3.8) is 0 Å². The fourth-order valence-corrected chi connectivity index (χ4v) is 2.27. The van der Waals surface area contributed by atoms with Gasteiger partial charge in [-0.15, -0.1) is 0 Å². The normalized spacial score (nSPS) is 15.2. The van der Waals surface area contributed by atoms with E-state index in [-0.39, 0.29) is 0 Å². The van der Waals surface area contributed by atoms with Crippen molar-refractivity contribution in [2.75, 3.05) is 20.1 Å². The van der Waals surface area contributed by atoms with Crippen LogP contribution in [-0.2, 0) is 0 Å². The molecule has 0 amide bonds. The van der Waals surface area contributed by atoms with Gasteiger partial charge >= 0.3 is 0 Å². The van der Waals surface area contributed by atoms with Crippen molar-refractivity contribution < 1.29 is 0 Å². The van der Waals surface area contributed by atoms with Crippen LogP contribution in [0.1, 0.15) is 65.7 Å². The van der Waals surface area contributed by atoms with Gasteiger partial charge in [-0.25, -0.2) is 0 Å². The molecule has 0 aromatic heterocycles. The van der Waals surface area contributed by atoms with Crippen LogP contribution in [0.2, 0.25) is 0 Å². The van der Waals surface area contributed by atoms with Crippen molar-refractivity contribution in [2.24, 2.45) is 11.7 Å². The molecule has 0 bridgehead atoms. The Kier molecular flexibility index (Phi) is 11.0. The van der Waals surface area contributed by atoms with Crippen molar-refractivity contribution in [1.29, 1.82) is 0 Å². The fourth-order valence-electron chi connectivity index (χ4n) is 2.27. The van der Waals surface area contributed by atoms with Crippen LogP contribution in [0.15, 0.2) is 0 Å². The van der Waals surface area contributed by atoms with Crippen LogP contribution < -0.4 is 5.73 Å². The molecule has 0 saturated carbocycles. The molecule has 0 aromatic rings. The number of nitrogens with two attached hydrogens (primary N) is 1. The number of likely N-dealkylation sites (N-methyl/N-ethyl adjacent to an activating group) is 1. The third-order valence-electron chi connectivity index (χ3n) is 3.83. The summed E-state index contributed by atoms with van der Waals surface area (Å²) < 4.78 is 0. The molecular formula is C15H34N2. The summed E-state index contributed by atoms with van der Waals surface area (Å²) in [5.74, 6) is 0.786. The maximum absolute atomic E-state index is 5.89. The molecule has 17 heavy (non-hydrogen) atoms. The second-order valence-electron chi connectivity index (χ2n) is 5.55. The molecule has 0 spiro atoms. The second kappa shape index (κ2) is 11.0. The van der Waals surface area contributed by atoms with Crippen LogP contribution in [0.3, 0.4) is 0 Å². The van der Waals surface area contributed by atoms with E-state index in [4.69, 9.17) is 5.73 Å². The van der Waals surface area contributed by atoms with Crippen molar-refractivity contribution >= 4 is 0 Å². The molecule has 0 fully saturated rings. The SMILES string of the molecule is CCCCCCCC(CN)N(C)CC(C)CC. The highest BCUT2D eigenvalue weighted by Gasteiger charge is 2.14. The number of hydrogen-bond donors (Lipinski definition) is 1. The molecule has 0 aliphatic heterocycles. The Balaban J connectivity index is 3.73. The topological polar surface area (TPSA) is 29.3 Å². The van der Waals surface area contributed by atoms with Crippen LogP contribution in [0.5, 0.6) is 0 Å². The summed E-state index contributed by atoms with van der Waals surface area (Å²) in [7, 11) is 2.23. The molecule has 2 atom stereocenters. The van der Waals surface area contributed by atoms with Gasteiger partial charge in [0, 0.05) is 19.1 Å². The number of hydrogen-bond acceptors (Lipinski definition) is 2. The monoisotopic (exact) mass is 242 g/mol. The van der Waals surface area contributed by atoms with E-state index >= 15 is 0 Å². The maximum Gasteiger partial charge on any atom is 0.0215 e. The molecule has 2 N–H and O–H groups in total. The van der Waals surface area contributed by atoms with Gasteiger partial charge in [-0.2, -0.15) is 0 Å². The summed E-state index contributed by atoms with van der Waals surface area (Å²) >= 11 is 0. The van der Waals surface area contributed by atoms with Crippen LogP contribution in [0, 0.1) is 5.92 Å². The zero-order valence-corrected chi connectivity index (χ0v) is 12.5. The molecule has 0 aliphatic rings. The van der Waals surface area contributed by atoms with E-state index in [0.29, 0.717) is 6.04 Å². The third kappa shape index (κ3) is 8.62. The van der Waals surface area contributed by atoms with E-state index in [1.807, 2.05) is 0 Å². The summed E-state index contributed by atoms with van der Waals surface area (Å²) in [4.78, 5) is 2.47. The molecule has 104 valence electrons. The van der Waals surface area contributed by atoms with Gasteiger partial charge in [-0.05, 0) is 19.4 Å². The summed E-state index contributed by atoms with van der Waals surface area (Å²) in [5.41, 5.74) is 5.89. The van der Waals surface area contributed by atoms with E-state index in [0.717, 1.165) is 12.5 Å². The number of rotatable bonds is 11. The van der Waals surface area contributed by atoms with E-state index in [1.165, 1.54) is 51.5 Å². The summed E-state index contributed by atoms with van der Waals surface area (Å²) in [5, 5.41) is 0. The lowest BCUT2D eigenvalue weighted by atomic mass is 10.0. The van der Waals surface area contributed by atoms with Crippen LogP contribution >= 0.6 is 0 Å². The molecular weight excluding hydrogens is 208 g/mol. The molecule has 2 heteroatoms. The van der Waals surface area contributed by atoms with E-state index in [9.17, 15) is 0 Å². The minimum absolute atomic E-state index is 0.589. The Bertz CT molecular complexity index is 159. The largest absolute Gasteiger partial charge is 0.329 e. The smallest absolute Gasteiger partial charge is 0.0215 e. The molecule has 2 unspecified atom stereocenters. The first-order valence-corrected chi connectivity index (χ1v) is 7.55. The van der Waals surface area contributed by atoms with Crippen LogP contribution in [-0.4, -0.2) is 31.1 Å². The van der Waals surface area contributed by atoms with Crippen molar-refractivity contribution in [1.82, 2.24) is 4.90 Å². The Morgan fingerprint density at radius 3 is 2.24 bits per heavy atom. The Morgan fingerprint density at radius 2 is 1.71 bits per heavy atom. The van der Waals surface area contributed by atoms with Crippen molar-refractivity contribution in [3.8, 4) is 0 Å². The van der Waals surface area contributed by atoms with Crippen molar-refractivity contribution in [3.05, 3.63) is 0 Å². The highest BCUT2D eigenvalue weighted by molar-refractivity contribution is 4.71. The lowest BCUT2D eigenvalue weighted by Gasteiger charge is -2.29. The average Bonchev–Trinajstić information content (AvgIpc) is 2.33. The summed E-state index contributed by atoms with van der Waals surface area (Å²) in [6, 6.07) is 0.589. The summed E-state index contributed by atoms with van der Waals surface area (Å²) in [6.07, 6.45) is 9.35. The first-order valence-electron chi connectivity index (χ1n) is 7.55. The molecule has 0 saturated heterocycles. The van der Waals surface area contributed by atoms with Gasteiger partial charge in [0.05, 0.1) is 0 Å². The maximum atomic E-state index is 5.89. The van der Waals surface area contributed by atoms with E-state index in [1.54, 1.807) is 0 Å². The Labute approximate surface area is 109 Å². The second-order valence-corrected chi connectivity index (χ2v) is 5.55. The van der Waals surface area contributed by atoms with Gasteiger partial charge in [0.25, 0.3) is 0 Å². The molecule has 0 heterocycles. The van der Waals surface area contributed by atoms with Gasteiger partial charge in [-0.1, -0.05) is 59.3 Å². The van der Waals surface area contributed by atoms with Gasteiger partial charge in [0.2, 0.25) is 0 Å². The zero-order valence-electron chi connectivity index (χ0n) is 12.5. The number of nitrogens with zero attached hydrogens (tertiary/aromatic N) is 1. The molecule has 2 nitrogen and oxygen atoms in total. The predicted molar refractivity (Wildman–Crippen MR) is 78.3 cm³/mol. The highest BCUT2D eigenvalue weighted by atomic mass is 15.1. The Morgan fingerprint density at radius 1 is 1.06 bits per heavy atom. The lowest BCUT2D eigenvalue weighted by Crippen LogP contribution is -2.40. The first kappa shape index (κ1) is 16.9. The molecule has 0 rings (SSSR count). The average molecular weight is 242 g/mol. The lowest BCUT2D eigenvalue weighted by molar-refractivity contribution is 0.200. The van der Waals surface area contributed by atoms with Gasteiger partial charge < -0.3 is 10.6 Å². The van der Waals surface area contributed by atoms with E-state index in [2.05, 4.69) is 32.7 Å². The van der Waals surface area contributed by atoms with Crippen molar-refractivity contribution in [2.45, 2.75) is 71.8 Å². The minimum Gasteiger partial charge on any atom is -0.329 e. The van der Waals surface area contributed by atoms with E-state index < -0.39 is 0 Å². The Hall–Kier alpha value is -0.0800. The quantitative estimate of drug-likeness (QED) is 0.560. The number of unbranched alkanes of at least 4 members (excludes halogenated alkanes) is 4. The summed E-state index contributed by atoms with van der Waals surface area (Å²) in [6.45, 7) is 8.85. The molecule has 0 aliphatic carbocycles. The van der Waals surface area contributed by atoms with Gasteiger partial charge in [0.15, 0.2) is 0 Å².